The van der Waals surface area contributed by atoms with E-state index in [1.54, 1.807) is 13.0 Å². The van der Waals surface area contributed by atoms with Gasteiger partial charge in [-0.15, -0.1) is 0 Å². The van der Waals surface area contributed by atoms with E-state index in [-0.39, 0.29) is 12.4 Å². The highest BCUT2D eigenvalue weighted by atomic mass is 19.1. The summed E-state index contributed by atoms with van der Waals surface area (Å²) < 4.78 is 28.3. The van der Waals surface area contributed by atoms with Crippen LogP contribution in [-0.2, 0) is 9.53 Å². The van der Waals surface area contributed by atoms with Crippen LogP contribution in [0.3, 0.4) is 0 Å². The van der Waals surface area contributed by atoms with E-state index >= 15 is 0 Å². The zero-order valence-electron chi connectivity index (χ0n) is 8.95. The molecule has 0 N–H and O–H groups in total. The summed E-state index contributed by atoms with van der Waals surface area (Å²) in [7, 11) is 1.15. The van der Waals surface area contributed by atoms with Crippen LogP contribution in [0.15, 0.2) is 12.1 Å². The van der Waals surface area contributed by atoms with E-state index in [0.29, 0.717) is 17.1 Å². The van der Waals surface area contributed by atoms with Gasteiger partial charge in [-0.3, -0.25) is 0 Å². The fourth-order valence-electron chi connectivity index (χ4n) is 1.56. The lowest BCUT2D eigenvalue weighted by molar-refractivity contribution is -0.146. The van der Waals surface area contributed by atoms with Crippen molar-refractivity contribution in [3.8, 4) is 11.5 Å². The summed E-state index contributed by atoms with van der Waals surface area (Å²) in [4.78, 5) is 11.1. The van der Waals surface area contributed by atoms with Gasteiger partial charge in [-0.1, -0.05) is 0 Å². The molecule has 0 saturated carbocycles. The molecule has 0 amide bonds. The molecule has 1 atom stereocenters. The molecule has 1 heterocycles. The zero-order valence-corrected chi connectivity index (χ0v) is 8.95. The van der Waals surface area contributed by atoms with Crippen molar-refractivity contribution in [3.05, 3.63) is 23.3 Å². The van der Waals surface area contributed by atoms with Crippen molar-refractivity contribution >= 4 is 5.97 Å². The minimum absolute atomic E-state index is 0.118. The SMILES string of the molecule is COC(=O)C(F)c1cc2c(cc1C)OCO2. The molecule has 16 heavy (non-hydrogen) atoms. The predicted molar refractivity (Wildman–Crippen MR) is 53.2 cm³/mol. The molecular weight excluding hydrogens is 215 g/mol. The largest absolute Gasteiger partial charge is 0.467 e. The van der Waals surface area contributed by atoms with Crippen molar-refractivity contribution < 1.29 is 23.4 Å². The standard InChI is InChI=1S/C11H11FO4/c1-6-3-8-9(16-5-15-8)4-7(6)10(12)11(13)14-2/h3-4,10H,5H2,1-2H3. The topological polar surface area (TPSA) is 44.8 Å². The van der Waals surface area contributed by atoms with Crippen LogP contribution in [0.1, 0.15) is 17.3 Å². The lowest BCUT2D eigenvalue weighted by atomic mass is 10.0. The summed E-state index contributed by atoms with van der Waals surface area (Å²) in [5, 5.41) is 0. The number of hydrogen-bond donors (Lipinski definition) is 0. The number of ether oxygens (including phenoxy) is 3. The van der Waals surface area contributed by atoms with Crippen LogP contribution < -0.4 is 9.47 Å². The molecular formula is C11H11FO4. The number of carbonyl (C=O) groups is 1. The molecule has 0 saturated heterocycles. The van der Waals surface area contributed by atoms with Crippen molar-refractivity contribution in [2.45, 2.75) is 13.1 Å². The van der Waals surface area contributed by atoms with Crippen molar-refractivity contribution in [3.63, 3.8) is 0 Å². The summed E-state index contributed by atoms with van der Waals surface area (Å²) >= 11 is 0. The molecule has 0 aromatic heterocycles. The quantitative estimate of drug-likeness (QED) is 0.722. The van der Waals surface area contributed by atoms with Crippen molar-refractivity contribution in [2.75, 3.05) is 13.9 Å². The van der Waals surface area contributed by atoms with E-state index in [1.807, 2.05) is 0 Å². The maximum Gasteiger partial charge on any atom is 0.345 e. The third kappa shape index (κ3) is 1.68. The van der Waals surface area contributed by atoms with Crippen molar-refractivity contribution in [2.24, 2.45) is 0 Å². The molecule has 0 bridgehead atoms. The first-order chi connectivity index (χ1) is 7.63. The molecule has 0 fully saturated rings. The van der Waals surface area contributed by atoms with Gasteiger partial charge in [0.05, 0.1) is 7.11 Å². The van der Waals surface area contributed by atoms with Gasteiger partial charge in [0.15, 0.2) is 11.5 Å². The van der Waals surface area contributed by atoms with Gasteiger partial charge < -0.3 is 14.2 Å². The second-order valence-corrected chi connectivity index (χ2v) is 3.45. The highest BCUT2D eigenvalue weighted by Crippen LogP contribution is 2.37. The zero-order chi connectivity index (χ0) is 11.7. The summed E-state index contributed by atoms with van der Waals surface area (Å²) in [6, 6.07) is 3.12. The van der Waals surface area contributed by atoms with Crippen molar-refractivity contribution in [1.29, 1.82) is 0 Å². The molecule has 1 aliphatic rings. The van der Waals surface area contributed by atoms with Crippen LogP contribution >= 0.6 is 0 Å². The number of methoxy groups -OCH3 is 1. The molecule has 1 unspecified atom stereocenters. The predicted octanol–water partition coefficient (Wildman–Crippen LogP) is 1.91. The van der Waals surface area contributed by atoms with E-state index in [0.717, 1.165) is 7.11 Å². The molecule has 2 rings (SSSR count). The van der Waals surface area contributed by atoms with Gasteiger partial charge in [-0.25, -0.2) is 9.18 Å². The highest BCUT2D eigenvalue weighted by molar-refractivity contribution is 5.77. The summed E-state index contributed by atoms with van der Waals surface area (Å²) in [5.74, 6) is 0.104. The Kier molecular flexibility index (Phi) is 2.68. The Labute approximate surface area is 91.9 Å². The monoisotopic (exact) mass is 226 g/mol. The Morgan fingerprint density at radius 1 is 1.44 bits per heavy atom. The number of alkyl halides is 1. The molecule has 5 heteroatoms. The molecule has 0 spiro atoms. The van der Waals surface area contributed by atoms with Gasteiger partial charge in [-0.2, -0.15) is 0 Å². The molecule has 0 radical (unpaired) electrons. The number of rotatable bonds is 2. The number of esters is 1. The summed E-state index contributed by atoms with van der Waals surface area (Å²) in [6.45, 7) is 1.82. The number of hydrogen-bond acceptors (Lipinski definition) is 4. The van der Waals surface area contributed by atoms with Crippen LogP contribution in [0.25, 0.3) is 0 Å². The number of halogens is 1. The Hall–Kier alpha value is -1.78. The van der Waals surface area contributed by atoms with E-state index in [4.69, 9.17) is 9.47 Å². The maximum atomic E-state index is 13.7. The second kappa shape index (κ2) is 4.00. The van der Waals surface area contributed by atoms with Gasteiger partial charge in [-0.05, 0) is 24.6 Å². The Bertz CT molecular complexity index is 430. The normalized spacial score (nSPS) is 14.7. The molecule has 1 aliphatic heterocycles. The number of benzene rings is 1. The summed E-state index contributed by atoms with van der Waals surface area (Å²) in [5.41, 5.74) is 0.873. The third-order valence-corrected chi connectivity index (χ3v) is 2.44. The molecule has 86 valence electrons. The molecule has 4 nitrogen and oxygen atoms in total. The first-order valence-electron chi connectivity index (χ1n) is 4.75. The van der Waals surface area contributed by atoms with Gasteiger partial charge in [0, 0.05) is 5.56 Å². The minimum atomic E-state index is -1.79. The Morgan fingerprint density at radius 2 is 2.06 bits per heavy atom. The Morgan fingerprint density at radius 3 is 2.69 bits per heavy atom. The fourth-order valence-corrected chi connectivity index (χ4v) is 1.56. The average molecular weight is 226 g/mol. The smallest absolute Gasteiger partial charge is 0.345 e. The van der Waals surface area contributed by atoms with Gasteiger partial charge >= 0.3 is 5.97 Å². The molecule has 0 aliphatic carbocycles. The third-order valence-electron chi connectivity index (χ3n) is 2.44. The molecule has 1 aromatic carbocycles. The summed E-state index contributed by atoms with van der Waals surface area (Å²) in [6.07, 6.45) is -1.79. The lowest BCUT2D eigenvalue weighted by Gasteiger charge is -2.10. The number of aryl methyl sites for hydroxylation is 1. The van der Waals surface area contributed by atoms with Crippen molar-refractivity contribution in [1.82, 2.24) is 0 Å². The van der Waals surface area contributed by atoms with E-state index in [1.165, 1.54) is 6.07 Å². The molecule has 1 aromatic rings. The van der Waals surface area contributed by atoms with Gasteiger partial charge in [0.2, 0.25) is 13.0 Å². The second-order valence-electron chi connectivity index (χ2n) is 3.45. The van der Waals surface area contributed by atoms with E-state index in [9.17, 15) is 9.18 Å². The van der Waals surface area contributed by atoms with Crippen LogP contribution in [0.2, 0.25) is 0 Å². The van der Waals surface area contributed by atoms with Gasteiger partial charge in [0.25, 0.3) is 0 Å². The number of carbonyl (C=O) groups excluding carboxylic acids is 1. The van der Waals surface area contributed by atoms with E-state index in [2.05, 4.69) is 4.74 Å². The van der Waals surface area contributed by atoms with Crippen LogP contribution in [0.4, 0.5) is 4.39 Å². The Balaban J connectivity index is 2.38. The highest BCUT2D eigenvalue weighted by Gasteiger charge is 2.25. The fraction of sp³-hybridized carbons (Fsp3) is 0.364. The number of fused-ring (bicyclic) bond motifs is 1. The first-order valence-corrected chi connectivity index (χ1v) is 4.75. The average Bonchev–Trinajstić information content (AvgIpc) is 2.72. The van der Waals surface area contributed by atoms with Gasteiger partial charge in [0.1, 0.15) is 0 Å². The van der Waals surface area contributed by atoms with Crippen LogP contribution in [-0.4, -0.2) is 19.9 Å². The first kappa shape index (κ1) is 10.7. The van der Waals surface area contributed by atoms with Crippen LogP contribution in [0, 0.1) is 6.92 Å². The van der Waals surface area contributed by atoms with E-state index < -0.39 is 12.1 Å². The minimum Gasteiger partial charge on any atom is -0.467 e. The lowest BCUT2D eigenvalue weighted by Crippen LogP contribution is -2.10. The maximum absolute atomic E-state index is 13.7. The van der Waals surface area contributed by atoms with Crippen LogP contribution in [0.5, 0.6) is 11.5 Å².